The van der Waals surface area contributed by atoms with Gasteiger partial charge in [-0.05, 0) is 0 Å². The van der Waals surface area contributed by atoms with Gasteiger partial charge in [0.05, 0.1) is 6.61 Å². The van der Waals surface area contributed by atoms with Crippen molar-refractivity contribution in [3.05, 3.63) is 46.0 Å². The van der Waals surface area contributed by atoms with Crippen molar-refractivity contribution >= 4 is 5.97 Å². The first kappa shape index (κ1) is 17.7. The molecule has 9 heteroatoms. The van der Waals surface area contributed by atoms with Gasteiger partial charge >= 0.3 is 5.97 Å². The Hall–Kier alpha value is -2.07. The Morgan fingerprint density at radius 2 is 2.00 bits per heavy atom. The first-order chi connectivity index (χ1) is 12.0. The Balaban J connectivity index is 1.86. The summed E-state index contributed by atoms with van der Waals surface area (Å²) in [7, 11) is 1.33. The number of carbonyl (C=O) groups excluding carboxylic acids is 1. The molecule has 2 saturated heterocycles. The minimum absolute atomic E-state index is 0.0984. The quantitative estimate of drug-likeness (QED) is 0.449. The van der Waals surface area contributed by atoms with Crippen LogP contribution < -0.4 is 0 Å². The first-order valence-electron chi connectivity index (χ1n) is 7.82. The maximum Gasteiger partial charge on any atom is 0.303 e. The van der Waals surface area contributed by atoms with Crippen LogP contribution in [0.1, 0.15) is 18.8 Å². The zero-order valence-electron chi connectivity index (χ0n) is 13.8. The van der Waals surface area contributed by atoms with Crippen LogP contribution in [0.25, 0.3) is 0 Å². The van der Waals surface area contributed by atoms with Crippen LogP contribution in [-0.4, -0.2) is 55.3 Å². The zero-order chi connectivity index (χ0) is 18.0. The minimum atomic E-state index is -1.33. The number of methoxy groups -OCH3 is 1. The van der Waals surface area contributed by atoms with Gasteiger partial charge in [0.15, 0.2) is 12.4 Å². The van der Waals surface area contributed by atoms with Crippen LogP contribution in [0.5, 0.6) is 0 Å². The summed E-state index contributed by atoms with van der Waals surface area (Å²) in [6.45, 7) is 1.27. The van der Waals surface area contributed by atoms with Crippen molar-refractivity contribution in [2.75, 3.05) is 13.7 Å². The molecule has 6 atom stereocenters. The van der Waals surface area contributed by atoms with Crippen LogP contribution in [0.2, 0.25) is 0 Å². The van der Waals surface area contributed by atoms with Gasteiger partial charge in [-0.2, -0.15) is 0 Å². The number of hydrogen-bond acceptors (Lipinski definition) is 8. The highest BCUT2D eigenvalue weighted by Gasteiger charge is 2.58. The average molecular weight is 353 g/mol. The average Bonchev–Trinajstić information content (AvgIpc) is 2.60. The Bertz CT molecular complexity index is 624. The largest absolute Gasteiger partial charge is 0.450 e. The normalized spacial score (nSPS) is 34.8. The van der Waals surface area contributed by atoms with Crippen molar-refractivity contribution in [1.29, 1.82) is 0 Å². The monoisotopic (exact) mass is 353 g/mol. The first-order valence-corrected chi connectivity index (χ1v) is 7.82. The van der Waals surface area contributed by atoms with E-state index in [-0.39, 0.29) is 6.61 Å². The van der Waals surface area contributed by atoms with Crippen molar-refractivity contribution in [2.45, 2.75) is 43.9 Å². The molecule has 0 spiro atoms. The van der Waals surface area contributed by atoms with Crippen molar-refractivity contribution < 1.29 is 33.4 Å². The van der Waals surface area contributed by atoms with Gasteiger partial charge in [0.2, 0.25) is 12.4 Å². The Morgan fingerprint density at radius 1 is 1.28 bits per heavy atom. The molecule has 0 N–H and O–H groups in total. The molecule has 1 aromatic rings. The van der Waals surface area contributed by atoms with E-state index in [1.165, 1.54) is 14.0 Å². The topological polar surface area (TPSA) is 106 Å². The molecule has 2 aliphatic rings. The lowest BCUT2D eigenvalue weighted by Crippen LogP contribution is -2.65. The van der Waals surface area contributed by atoms with Crippen LogP contribution in [0, 0.1) is 10.1 Å². The molecule has 3 rings (SSSR count). The number of ether oxygens (including phenoxy) is 5. The third-order valence-electron chi connectivity index (χ3n) is 4.16. The van der Waals surface area contributed by atoms with E-state index in [0.717, 1.165) is 5.56 Å². The van der Waals surface area contributed by atoms with Crippen molar-refractivity contribution in [3.63, 3.8) is 0 Å². The number of benzene rings is 1. The van der Waals surface area contributed by atoms with E-state index >= 15 is 0 Å². The second-order valence-corrected chi connectivity index (χ2v) is 5.81. The fourth-order valence-electron chi connectivity index (χ4n) is 3.09. The van der Waals surface area contributed by atoms with Gasteiger partial charge < -0.3 is 23.7 Å². The number of nitrogens with zero attached hydrogens (tertiary/aromatic N) is 1. The van der Waals surface area contributed by atoms with E-state index in [4.69, 9.17) is 23.7 Å². The molecule has 0 amide bonds. The second kappa shape index (κ2) is 7.44. The highest BCUT2D eigenvalue weighted by Crippen LogP contribution is 2.36. The molecule has 0 aliphatic carbocycles. The van der Waals surface area contributed by atoms with Gasteiger partial charge in [-0.15, -0.1) is 0 Å². The molecule has 0 aromatic heterocycles. The smallest absolute Gasteiger partial charge is 0.303 e. The minimum Gasteiger partial charge on any atom is -0.450 e. The van der Waals surface area contributed by atoms with Gasteiger partial charge in [0.1, 0.15) is 6.10 Å². The van der Waals surface area contributed by atoms with E-state index in [1.54, 1.807) is 12.1 Å². The van der Waals surface area contributed by atoms with Gasteiger partial charge in [-0.25, -0.2) is 0 Å². The molecule has 0 saturated carbocycles. The molecule has 2 fully saturated rings. The third-order valence-corrected chi connectivity index (χ3v) is 4.16. The molecular weight excluding hydrogens is 334 g/mol. The standard InChI is InChI=1S/C16H19NO8/c1-9(18)23-14-12(17(19)20)13-11(24-16(14)21-2)8-22-15(25-13)10-6-4-3-5-7-10/h3-7,11-16H,8H2,1-2H3/t11-,12+,13-,14-,15?,16?/m1/s1. The molecule has 136 valence electrons. The molecule has 9 nitrogen and oxygen atoms in total. The van der Waals surface area contributed by atoms with E-state index in [9.17, 15) is 14.9 Å². The molecule has 2 aliphatic heterocycles. The Morgan fingerprint density at radius 3 is 2.60 bits per heavy atom. The number of esters is 1. The Kier molecular flexibility index (Phi) is 5.28. The molecule has 0 bridgehead atoms. The summed E-state index contributed by atoms with van der Waals surface area (Å²) in [5, 5.41) is 11.7. The number of hydrogen-bond donors (Lipinski definition) is 0. The summed E-state index contributed by atoms with van der Waals surface area (Å²) in [4.78, 5) is 22.5. The van der Waals surface area contributed by atoms with E-state index < -0.39 is 47.8 Å². The summed E-state index contributed by atoms with van der Waals surface area (Å²) in [5.41, 5.74) is 0.737. The van der Waals surface area contributed by atoms with Crippen molar-refractivity contribution in [2.24, 2.45) is 0 Å². The van der Waals surface area contributed by atoms with Crippen LogP contribution in [-0.2, 0) is 28.5 Å². The van der Waals surface area contributed by atoms with Gasteiger partial charge in [0.25, 0.3) is 6.04 Å². The van der Waals surface area contributed by atoms with Crippen LogP contribution in [0.4, 0.5) is 0 Å². The lowest BCUT2D eigenvalue weighted by atomic mass is 9.95. The highest BCUT2D eigenvalue weighted by atomic mass is 16.8. The molecule has 1 aromatic carbocycles. The summed E-state index contributed by atoms with van der Waals surface area (Å²) >= 11 is 0. The number of carbonyl (C=O) groups is 1. The predicted molar refractivity (Wildman–Crippen MR) is 82.0 cm³/mol. The molecular formula is C16H19NO8. The fraction of sp³-hybridized carbons (Fsp3) is 0.562. The molecule has 2 unspecified atom stereocenters. The zero-order valence-corrected chi connectivity index (χ0v) is 13.8. The number of rotatable bonds is 4. The summed E-state index contributed by atoms with van der Waals surface area (Å²) in [6, 6.07) is 7.76. The fourth-order valence-corrected chi connectivity index (χ4v) is 3.09. The van der Waals surface area contributed by atoms with E-state index in [0.29, 0.717) is 0 Å². The predicted octanol–water partition coefficient (Wildman–Crippen LogP) is 1.05. The maximum atomic E-state index is 11.7. The SMILES string of the molecule is COC1O[C@@H]2COC(c3ccccc3)O[C@H]2[C@H]([N+](=O)[O-])[C@H]1OC(C)=O. The second-order valence-electron chi connectivity index (χ2n) is 5.81. The number of nitro groups is 1. The van der Waals surface area contributed by atoms with Crippen molar-refractivity contribution in [1.82, 2.24) is 0 Å². The van der Waals surface area contributed by atoms with Gasteiger partial charge in [-0.3, -0.25) is 14.9 Å². The summed E-state index contributed by atoms with van der Waals surface area (Å²) < 4.78 is 27.4. The van der Waals surface area contributed by atoms with Gasteiger partial charge in [0, 0.05) is 24.5 Å². The molecule has 2 heterocycles. The van der Waals surface area contributed by atoms with Crippen LogP contribution >= 0.6 is 0 Å². The summed E-state index contributed by atoms with van der Waals surface area (Å²) in [6.07, 6.45) is -4.68. The van der Waals surface area contributed by atoms with Gasteiger partial charge in [-0.1, -0.05) is 30.3 Å². The van der Waals surface area contributed by atoms with E-state index in [2.05, 4.69) is 0 Å². The van der Waals surface area contributed by atoms with Crippen LogP contribution in [0.3, 0.4) is 0 Å². The molecule has 25 heavy (non-hydrogen) atoms. The molecule has 0 radical (unpaired) electrons. The lowest BCUT2D eigenvalue weighted by Gasteiger charge is -2.44. The van der Waals surface area contributed by atoms with Crippen molar-refractivity contribution in [3.8, 4) is 0 Å². The maximum absolute atomic E-state index is 11.7. The Labute approximate surface area is 143 Å². The lowest BCUT2D eigenvalue weighted by molar-refractivity contribution is -0.573. The van der Waals surface area contributed by atoms with Crippen LogP contribution in [0.15, 0.2) is 30.3 Å². The number of fused-ring (bicyclic) bond motifs is 1. The highest BCUT2D eigenvalue weighted by molar-refractivity contribution is 5.66. The summed E-state index contributed by atoms with van der Waals surface area (Å²) in [5.74, 6) is -0.660. The third kappa shape index (κ3) is 3.64. The van der Waals surface area contributed by atoms with E-state index in [1.807, 2.05) is 18.2 Å².